The van der Waals surface area contributed by atoms with Crippen molar-refractivity contribution in [1.82, 2.24) is 19.9 Å². The Kier molecular flexibility index (Phi) is 6.04. The molecule has 3 heterocycles. The zero-order valence-electron chi connectivity index (χ0n) is 18.9. The Morgan fingerprint density at radius 3 is 2.48 bits per heavy atom. The molecule has 1 aliphatic heterocycles. The first-order valence-corrected chi connectivity index (χ1v) is 11.1. The Labute approximate surface area is 193 Å². The quantitative estimate of drug-likeness (QED) is 0.448. The van der Waals surface area contributed by atoms with Gasteiger partial charge in [-0.25, -0.2) is 9.97 Å². The fourth-order valence-corrected chi connectivity index (χ4v) is 4.29. The predicted octanol–water partition coefficient (Wildman–Crippen LogP) is 4.03. The Hall–Kier alpha value is -3.71. The molecule has 7 heteroatoms. The molecule has 7 nitrogen and oxygen atoms in total. The molecule has 2 aromatic carbocycles. The normalized spacial score (nSPS) is 14.4. The van der Waals surface area contributed by atoms with Crippen LogP contribution in [0, 0.1) is 0 Å². The van der Waals surface area contributed by atoms with Crippen LogP contribution in [0.25, 0.3) is 22.3 Å². The lowest BCUT2D eigenvalue weighted by atomic mass is 10.1. The number of methoxy groups -OCH3 is 2. The van der Waals surface area contributed by atoms with Crippen LogP contribution in [-0.2, 0) is 6.54 Å². The van der Waals surface area contributed by atoms with Gasteiger partial charge in [0.15, 0.2) is 5.82 Å². The molecule has 0 spiro atoms. The molecule has 33 heavy (non-hydrogen) atoms. The molecule has 0 saturated carbocycles. The summed E-state index contributed by atoms with van der Waals surface area (Å²) in [6.45, 7) is 4.46. The van der Waals surface area contributed by atoms with Crippen molar-refractivity contribution in [2.75, 3.05) is 45.3 Å². The zero-order valence-corrected chi connectivity index (χ0v) is 18.9. The highest BCUT2D eigenvalue weighted by atomic mass is 16.5. The first kappa shape index (κ1) is 21.2. The van der Waals surface area contributed by atoms with Gasteiger partial charge in [-0.2, -0.15) is 0 Å². The molecule has 5 rings (SSSR count). The Balaban J connectivity index is 1.38. The highest BCUT2D eigenvalue weighted by molar-refractivity contribution is 5.91. The van der Waals surface area contributed by atoms with Gasteiger partial charge in [-0.1, -0.05) is 12.1 Å². The summed E-state index contributed by atoms with van der Waals surface area (Å²) >= 11 is 0. The summed E-state index contributed by atoms with van der Waals surface area (Å²) in [6, 6.07) is 18.1. The van der Waals surface area contributed by atoms with Crippen molar-refractivity contribution >= 4 is 16.7 Å². The number of ether oxygens (including phenoxy) is 2. The molecule has 0 bridgehead atoms. The number of para-hydroxylation sites is 1. The summed E-state index contributed by atoms with van der Waals surface area (Å²) in [6.07, 6.45) is 3.58. The lowest BCUT2D eigenvalue weighted by molar-refractivity contribution is 0.245. The second-order valence-electron chi connectivity index (χ2n) is 8.07. The van der Waals surface area contributed by atoms with E-state index in [0.29, 0.717) is 5.82 Å². The molecule has 0 atom stereocenters. The molecule has 1 saturated heterocycles. The van der Waals surface area contributed by atoms with E-state index in [2.05, 4.69) is 26.9 Å². The van der Waals surface area contributed by atoms with Crippen LogP contribution in [0.15, 0.2) is 67.0 Å². The third-order valence-electron chi connectivity index (χ3n) is 6.06. The van der Waals surface area contributed by atoms with Crippen LogP contribution in [-0.4, -0.2) is 60.3 Å². The summed E-state index contributed by atoms with van der Waals surface area (Å²) in [7, 11) is 3.40. The van der Waals surface area contributed by atoms with Crippen LogP contribution >= 0.6 is 0 Å². The number of benzene rings is 2. The van der Waals surface area contributed by atoms with Crippen LogP contribution in [0.2, 0.25) is 0 Å². The number of rotatable bonds is 6. The lowest BCUT2D eigenvalue weighted by Gasteiger charge is -2.36. The molecule has 0 N–H and O–H groups in total. The van der Waals surface area contributed by atoms with Gasteiger partial charge in [0.2, 0.25) is 0 Å². The molecule has 0 amide bonds. The molecule has 0 unspecified atom stereocenters. The number of anilines is 1. The minimum atomic E-state index is 0.709. The van der Waals surface area contributed by atoms with Crippen LogP contribution in [0.3, 0.4) is 0 Å². The van der Waals surface area contributed by atoms with Crippen molar-refractivity contribution in [1.29, 1.82) is 0 Å². The highest BCUT2D eigenvalue weighted by Gasteiger charge is 2.22. The molecule has 1 fully saturated rings. The van der Waals surface area contributed by atoms with E-state index in [1.165, 1.54) is 0 Å². The summed E-state index contributed by atoms with van der Waals surface area (Å²) in [5.41, 5.74) is 3.01. The smallest absolute Gasteiger partial charge is 0.163 e. The first-order valence-electron chi connectivity index (χ1n) is 11.1. The molecular formula is C26H27N5O2. The van der Waals surface area contributed by atoms with Crippen LogP contribution in [0.4, 0.5) is 5.82 Å². The van der Waals surface area contributed by atoms with Crippen molar-refractivity contribution in [2.45, 2.75) is 6.54 Å². The van der Waals surface area contributed by atoms with Gasteiger partial charge in [0, 0.05) is 61.6 Å². The number of hydrogen-bond acceptors (Lipinski definition) is 7. The van der Waals surface area contributed by atoms with Crippen LogP contribution in [0.5, 0.6) is 11.5 Å². The maximum Gasteiger partial charge on any atom is 0.163 e. The SMILES string of the molecule is COc1ccc(OC)c(CN2CCN(c3nc(-c4cccnc4)nc4ccccc34)CC2)c1. The number of pyridine rings is 1. The molecule has 0 radical (unpaired) electrons. The van der Waals surface area contributed by atoms with E-state index in [1.54, 1.807) is 20.4 Å². The van der Waals surface area contributed by atoms with Crippen LogP contribution < -0.4 is 14.4 Å². The third kappa shape index (κ3) is 4.45. The molecule has 1 aliphatic rings. The van der Waals surface area contributed by atoms with Gasteiger partial charge in [-0.05, 0) is 42.5 Å². The summed E-state index contributed by atoms with van der Waals surface area (Å²) < 4.78 is 11.0. The minimum absolute atomic E-state index is 0.709. The van der Waals surface area contributed by atoms with E-state index in [9.17, 15) is 0 Å². The summed E-state index contributed by atoms with van der Waals surface area (Å²) in [5, 5.41) is 1.08. The molecule has 0 aliphatic carbocycles. The Bertz CT molecular complexity index is 1240. The maximum absolute atomic E-state index is 5.57. The average Bonchev–Trinajstić information content (AvgIpc) is 2.89. The number of hydrogen-bond donors (Lipinski definition) is 0. The van der Waals surface area contributed by atoms with Gasteiger partial charge in [-0.15, -0.1) is 0 Å². The predicted molar refractivity (Wildman–Crippen MR) is 130 cm³/mol. The van der Waals surface area contributed by atoms with Crippen molar-refractivity contribution in [3.05, 3.63) is 72.6 Å². The fourth-order valence-electron chi connectivity index (χ4n) is 4.29. The number of fused-ring (bicyclic) bond motifs is 1. The third-order valence-corrected chi connectivity index (χ3v) is 6.06. The van der Waals surface area contributed by atoms with E-state index in [0.717, 1.165) is 72.1 Å². The summed E-state index contributed by atoms with van der Waals surface area (Å²) in [4.78, 5) is 18.8. The van der Waals surface area contributed by atoms with Gasteiger partial charge < -0.3 is 14.4 Å². The fraction of sp³-hybridized carbons (Fsp3) is 0.269. The van der Waals surface area contributed by atoms with E-state index >= 15 is 0 Å². The number of nitrogens with zero attached hydrogens (tertiary/aromatic N) is 5. The van der Waals surface area contributed by atoms with E-state index in [-0.39, 0.29) is 0 Å². The van der Waals surface area contributed by atoms with Gasteiger partial charge in [0.05, 0.1) is 19.7 Å². The Morgan fingerprint density at radius 1 is 0.879 bits per heavy atom. The standard InChI is InChI=1S/C26H27N5O2/c1-32-21-9-10-24(33-2)20(16-21)18-30-12-14-31(15-13-30)26-22-7-3-4-8-23(22)28-25(29-26)19-6-5-11-27-17-19/h3-11,16-17H,12-15,18H2,1-2H3. The molecule has 168 valence electrons. The van der Waals surface area contributed by atoms with E-state index in [4.69, 9.17) is 19.4 Å². The topological polar surface area (TPSA) is 63.6 Å². The van der Waals surface area contributed by atoms with Gasteiger partial charge in [-0.3, -0.25) is 9.88 Å². The first-order chi connectivity index (χ1) is 16.2. The minimum Gasteiger partial charge on any atom is -0.497 e. The summed E-state index contributed by atoms with van der Waals surface area (Å²) in [5.74, 6) is 3.43. The van der Waals surface area contributed by atoms with Crippen molar-refractivity contribution in [3.63, 3.8) is 0 Å². The van der Waals surface area contributed by atoms with Gasteiger partial charge in [0.25, 0.3) is 0 Å². The van der Waals surface area contributed by atoms with E-state index < -0.39 is 0 Å². The van der Waals surface area contributed by atoms with Gasteiger partial charge >= 0.3 is 0 Å². The maximum atomic E-state index is 5.57. The average molecular weight is 442 g/mol. The van der Waals surface area contributed by atoms with Crippen molar-refractivity contribution in [3.8, 4) is 22.9 Å². The monoisotopic (exact) mass is 441 g/mol. The van der Waals surface area contributed by atoms with Crippen LogP contribution in [0.1, 0.15) is 5.56 Å². The molecular weight excluding hydrogens is 414 g/mol. The van der Waals surface area contributed by atoms with E-state index in [1.807, 2.05) is 48.7 Å². The Morgan fingerprint density at radius 2 is 1.73 bits per heavy atom. The second-order valence-corrected chi connectivity index (χ2v) is 8.07. The van der Waals surface area contributed by atoms with Crippen molar-refractivity contribution < 1.29 is 9.47 Å². The highest BCUT2D eigenvalue weighted by Crippen LogP contribution is 2.29. The number of aromatic nitrogens is 3. The zero-order chi connectivity index (χ0) is 22.6. The van der Waals surface area contributed by atoms with Crippen molar-refractivity contribution in [2.24, 2.45) is 0 Å². The largest absolute Gasteiger partial charge is 0.497 e. The number of piperazine rings is 1. The second kappa shape index (κ2) is 9.42. The molecule has 4 aromatic rings. The lowest BCUT2D eigenvalue weighted by Crippen LogP contribution is -2.46. The van der Waals surface area contributed by atoms with Gasteiger partial charge in [0.1, 0.15) is 17.3 Å². The molecule has 2 aromatic heterocycles.